The van der Waals surface area contributed by atoms with Crippen LogP contribution < -0.4 is 4.74 Å². The molecule has 0 fully saturated rings. The number of hydrogen-bond acceptors (Lipinski definition) is 2. The van der Waals surface area contributed by atoms with Gasteiger partial charge in [-0.05, 0) is 80.5 Å². The van der Waals surface area contributed by atoms with E-state index in [0.29, 0.717) is 12.5 Å². The summed E-state index contributed by atoms with van der Waals surface area (Å²) in [5.41, 5.74) is 2.59. The fourth-order valence-corrected chi connectivity index (χ4v) is 4.59. The summed E-state index contributed by atoms with van der Waals surface area (Å²) >= 11 is 0. The van der Waals surface area contributed by atoms with E-state index in [9.17, 15) is 0 Å². The maximum atomic E-state index is 6.33. The van der Waals surface area contributed by atoms with Crippen LogP contribution in [0.2, 0.25) is 0 Å². The predicted molar refractivity (Wildman–Crippen MR) is 158 cm³/mol. The molecule has 0 heterocycles. The van der Waals surface area contributed by atoms with Crippen molar-refractivity contribution in [1.29, 1.82) is 0 Å². The van der Waals surface area contributed by atoms with Crippen molar-refractivity contribution in [3.05, 3.63) is 77.9 Å². The largest absolute Gasteiger partial charge is 0.464 e. The average Bonchev–Trinajstić information content (AvgIpc) is 3.35. The normalized spacial score (nSPS) is 15.3. The van der Waals surface area contributed by atoms with Crippen LogP contribution in [0.25, 0.3) is 0 Å². The molecule has 0 N–H and O–H groups in total. The highest BCUT2D eigenvalue weighted by Crippen LogP contribution is 2.39. The first-order valence-corrected chi connectivity index (χ1v) is 14.2. The van der Waals surface area contributed by atoms with Gasteiger partial charge in [-0.25, -0.2) is 0 Å². The molecule has 202 valence electrons. The Morgan fingerprint density at radius 2 is 1.39 bits per heavy atom. The minimum atomic E-state index is -0.347. The average molecular weight is 495 g/mol. The van der Waals surface area contributed by atoms with Gasteiger partial charge >= 0.3 is 0 Å². The number of rotatable bonds is 9. The van der Waals surface area contributed by atoms with Crippen LogP contribution in [0.15, 0.2) is 66.7 Å². The molecule has 2 unspecified atom stereocenters. The Kier molecular flexibility index (Phi) is 14.1. The summed E-state index contributed by atoms with van der Waals surface area (Å²) in [7, 11) is 0. The van der Waals surface area contributed by atoms with Crippen LogP contribution in [-0.2, 0) is 10.2 Å². The first-order valence-electron chi connectivity index (χ1n) is 14.2. The van der Waals surface area contributed by atoms with Crippen LogP contribution in [0.5, 0.6) is 5.75 Å². The predicted octanol–water partition coefficient (Wildman–Crippen LogP) is 10.3. The van der Waals surface area contributed by atoms with Crippen molar-refractivity contribution in [2.24, 2.45) is 11.3 Å². The van der Waals surface area contributed by atoms with Crippen molar-refractivity contribution in [3.8, 4) is 5.75 Å². The molecule has 1 aliphatic rings. The van der Waals surface area contributed by atoms with E-state index in [1.165, 1.54) is 36.8 Å². The summed E-state index contributed by atoms with van der Waals surface area (Å²) in [4.78, 5) is 0. The Morgan fingerprint density at radius 1 is 0.833 bits per heavy atom. The van der Waals surface area contributed by atoms with E-state index in [0.717, 1.165) is 11.7 Å². The highest BCUT2D eigenvalue weighted by molar-refractivity contribution is 5.31. The summed E-state index contributed by atoms with van der Waals surface area (Å²) in [6.07, 6.45) is 9.17. The molecule has 2 aromatic carbocycles. The smallest absolute Gasteiger partial charge is 0.209 e. The molecule has 0 bridgehead atoms. The van der Waals surface area contributed by atoms with Crippen molar-refractivity contribution in [3.63, 3.8) is 0 Å². The maximum absolute atomic E-state index is 6.33. The zero-order valence-electron chi connectivity index (χ0n) is 24.9. The first-order chi connectivity index (χ1) is 17.1. The van der Waals surface area contributed by atoms with E-state index in [-0.39, 0.29) is 17.1 Å². The van der Waals surface area contributed by atoms with Gasteiger partial charge in [0, 0.05) is 6.61 Å². The Labute approximate surface area is 223 Å². The van der Waals surface area contributed by atoms with Crippen LogP contribution >= 0.6 is 0 Å². The minimum absolute atomic E-state index is 0.252. The van der Waals surface area contributed by atoms with Crippen molar-refractivity contribution in [2.75, 3.05) is 6.61 Å². The molecule has 0 saturated heterocycles. The van der Waals surface area contributed by atoms with E-state index in [1.54, 1.807) is 0 Å². The quantitative estimate of drug-likeness (QED) is 0.255. The lowest BCUT2D eigenvalue weighted by molar-refractivity contribution is -0.116. The fourth-order valence-electron chi connectivity index (χ4n) is 4.59. The third kappa shape index (κ3) is 10.1. The van der Waals surface area contributed by atoms with Crippen LogP contribution in [0.1, 0.15) is 112 Å². The van der Waals surface area contributed by atoms with Gasteiger partial charge in [-0.3, -0.25) is 0 Å². The first kappa shape index (κ1) is 32.0. The lowest BCUT2D eigenvalue weighted by Gasteiger charge is -2.35. The van der Waals surface area contributed by atoms with Gasteiger partial charge in [0.1, 0.15) is 5.75 Å². The van der Waals surface area contributed by atoms with E-state index in [1.807, 2.05) is 26.8 Å². The molecular weight excluding hydrogens is 440 g/mol. The van der Waals surface area contributed by atoms with E-state index in [4.69, 9.17) is 9.47 Å². The highest BCUT2D eigenvalue weighted by Gasteiger charge is 2.34. The topological polar surface area (TPSA) is 18.5 Å². The second kappa shape index (κ2) is 15.9. The second-order valence-corrected chi connectivity index (χ2v) is 11.3. The minimum Gasteiger partial charge on any atom is -0.464 e. The van der Waals surface area contributed by atoms with Gasteiger partial charge in [0.05, 0.1) is 5.41 Å². The molecule has 0 aliphatic heterocycles. The third-order valence-corrected chi connectivity index (χ3v) is 6.82. The lowest BCUT2D eigenvalue weighted by atomic mass is 9.74. The summed E-state index contributed by atoms with van der Waals surface area (Å²) in [5, 5.41) is 0. The van der Waals surface area contributed by atoms with Crippen LogP contribution in [-0.4, -0.2) is 12.9 Å². The Morgan fingerprint density at radius 3 is 1.81 bits per heavy atom. The number of ether oxygens (including phenoxy) is 2. The van der Waals surface area contributed by atoms with Crippen LogP contribution in [0, 0.1) is 11.3 Å². The molecule has 3 rings (SSSR count). The van der Waals surface area contributed by atoms with Gasteiger partial charge in [-0.2, -0.15) is 0 Å². The Balaban J connectivity index is 0.000000694. The molecule has 0 saturated carbocycles. The highest BCUT2D eigenvalue weighted by atomic mass is 16.7. The summed E-state index contributed by atoms with van der Waals surface area (Å²) in [6, 6.07) is 19.1. The SMILES string of the molecule is CC.CC1CC=CC1.CCCC(c1ccc(OC(OCC)C(C)(C)c2ccccc2)cc1)C(C)(C)C. The molecule has 2 atom stereocenters. The molecule has 2 heteroatoms. The van der Waals surface area contributed by atoms with E-state index in [2.05, 4.69) is 109 Å². The summed E-state index contributed by atoms with van der Waals surface area (Å²) < 4.78 is 12.3. The van der Waals surface area contributed by atoms with Gasteiger partial charge in [-0.15, -0.1) is 0 Å². The zero-order valence-corrected chi connectivity index (χ0v) is 24.9. The lowest BCUT2D eigenvalue weighted by Crippen LogP contribution is -2.40. The zero-order chi connectivity index (χ0) is 27.2. The Bertz CT molecular complexity index is 835. The van der Waals surface area contributed by atoms with Gasteiger partial charge in [0.25, 0.3) is 0 Å². The van der Waals surface area contributed by atoms with Gasteiger partial charge in [0.15, 0.2) is 0 Å². The fraction of sp³-hybridized carbons (Fsp3) is 0.588. The summed E-state index contributed by atoms with van der Waals surface area (Å²) in [6.45, 7) is 22.5. The monoisotopic (exact) mass is 494 g/mol. The van der Waals surface area contributed by atoms with E-state index < -0.39 is 0 Å². The second-order valence-electron chi connectivity index (χ2n) is 11.3. The van der Waals surface area contributed by atoms with Crippen molar-refractivity contribution >= 4 is 0 Å². The van der Waals surface area contributed by atoms with Crippen LogP contribution in [0.4, 0.5) is 0 Å². The van der Waals surface area contributed by atoms with Gasteiger partial charge < -0.3 is 9.47 Å². The van der Waals surface area contributed by atoms with Crippen molar-refractivity contribution in [1.82, 2.24) is 0 Å². The number of hydrogen-bond donors (Lipinski definition) is 0. The summed E-state index contributed by atoms with van der Waals surface area (Å²) in [5.74, 6) is 2.34. The molecule has 36 heavy (non-hydrogen) atoms. The number of allylic oxidation sites excluding steroid dienone is 2. The standard InChI is InChI=1S/C26H38O2.C6H10.C2H6/c1-8-13-23(25(3,4)5)20-16-18-22(19-17-20)28-24(27-9-2)26(6,7)21-14-11-10-12-15-21;1-6-4-2-3-5-6;1-2/h10-12,14-19,23-24H,8-9,13H2,1-7H3;2-3,6H,4-5H2,1H3;1-2H3. The van der Waals surface area contributed by atoms with Crippen molar-refractivity contribution in [2.45, 2.75) is 113 Å². The molecule has 2 nitrogen and oxygen atoms in total. The number of benzene rings is 2. The molecule has 1 aliphatic carbocycles. The van der Waals surface area contributed by atoms with Crippen molar-refractivity contribution < 1.29 is 9.47 Å². The molecule has 0 amide bonds. The molecule has 2 aromatic rings. The molecular formula is C34H54O2. The molecule has 0 radical (unpaired) electrons. The third-order valence-electron chi connectivity index (χ3n) is 6.82. The van der Waals surface area contributed by atoms with Gasteiger partial charge in [0.2, 0.25) is 6.29 Å². The molecule has 0 aromatic heterocycles. The van der Waals surface area contributed by atoms with Crippen LogP contribution in [0.3, 0.4) is 0 Å². The van der Waals surface area contributed by atoms with E-state index >= 15 is 0 Å². The van der Waals surface area contributed by atoms with Gasteiger partial charge in [-0.1, -0.05) is 110 Å². The Hall–Kier alpha value is -2.06. The molecule has 0 spiro atoms. The maximum Gasteiger partial charge on any atom is 0.209 e.